The zero-order chi connectivity index (χ0) is 18.9. The maximum atomic E-state index is 12.5. The Morgan fingerprint density at radius 3 is 2.69 bits per heavy atom. The zero-order valence-electron chi connectivity index (χ0n) is 15.6. The second-order valence-corrected chi connectivity index (χ2v) is 8.36. The van der Waals surface area contributed by atoms with Crippen molar-refractivity contribution in [3.05, 3.63) is 30.7 Å². The van der Waals surface area contributed by atoms with Gasteiger partial charge in [0.15, 0.2) is 0 Å². The van der Waals surface area contributed by atoms with E-state index in [0.717, 1.165) is 16.2 Å². The molecule has 0 bridgehead atoms. The Hall–Kier alpha value is -2.48. The molecule has 0 aliphatic carbocycles. The van der Waals surface area contributed by atoms with Crippen LogP contribution in [0.1, 0.15) is 34.6 Å². The second kappa shape index (κ2) is 7.03. The molecule has 1 N–H and O–H groups in total. The summed E-state index contributed by atoms with van der Waals surface area (Å²) < 4.78 is 7.22. The van der Waals surface area contributed by atoms with Gasteiger partial charge in [-0.25, -0.2) is 14.3 Å². The molecule has 3 heterocycles. The number of pyridine rings is 1. The quantitative estimate of drug-likeness (QED) is 0.688. The lowest BCUT2D eigenvalue weighted by Gasteiger charge is -2.26. The highest BCUT2D eigenvalue weighted by Gasteiger charge is 2.28. The number of carbonyl (C=O) groups is 1. The fraction of sp³-hybridized carbons (Fsp3) is 0.444. The Morgan fingerprint density at radius 1 is 1.35 bits per heavy atom. The average molecular weight is 373 g/mol. The van der Waals surface area contributed by atoms with E-state index in [0.29, 0.717) is 5.13 Å². The zero-order valence-corrected chi connectivity index (χ0v) is 16.4. The summed E-state index contributed by atoms with van der Waals surface area (Å²) in [5.74, 6) is -0.219. The number of carbonyl (C=O) groups excluding carboxylic acids is 1. The van der Waals surface area contributed by atoms with Crippen LogP contribution in [-0.4, -0.2) is 37.2 Å². The smallest absolute Gasteiger partial charge is 0.329 e. The number of aromatic nitrogens is 4. The predicted octanol–water partition coefficient (Wildman–Crippen LogP) is 3.63. The molecule has 0 fully saturated rings. The van der Waals surface area contributed by atoms with Crippen LogP contribution in [0, 0.1) is 5.92 Å². The minimum absolute atomic E-state index is 0.0621. The molecule has 0 spiro atoms. The van der Waals surface area contributed by atoms with Crippen molar-refractivity contribution in [3.8, 4) is 11.3 Å². The number of esters is 1. The summed E-state index contributed by atoms with van der Waals surface area (Å²) in [4.78, 5) is 21.9. The molecule has 0 aromatic carbocycles. The first-order valence-corrected chi connectivity index (χ1v) is 9.30. The lowest BCUT2D eigenvalue weighted by molar-refractivity contribution is -0.156. The van der Waals surface area contributed by atoms with Crippen LogP contribution in [0.2, 0.25) is 0 Å². The van der Waals surface area contributed by atoms with Crippen LogP contribution in [0.5, 0.6) is 0 Å². The van der Waals surface area contributed by atoms with Crippen LogP contribution < -0.4 is 5.32 Å². The van der Waals surface area contributed by atoms with Gasteiger partial charge < -0.3 is 10.1 Å². The predicted molar refractivity (Wildman–Crippen MR) is 102 cm³/mol. The number of fused-ring (bicyclic) bond motifs is 1. The summed E-state index contributed by atoms with van der Waals surface area (Å²) in [5.41, 5.74) is 1.23. The van der Waals surface area contributed by atoms with Gasteiger partial charge in [-0.2, -0.15) is 0 Å². The van der Waals surface area contributed by atoms with Crippen molar-refractivity contribution in [3.63, 3.8) is 0 Å². The van der Waals surface area contributed by atoms with E-state index in [4.69, 9.17) is 4.74 Å². The molecule has 0 saturated carbocycles. The third-order valence-electron chi connectivity index (χ3n) is 3.61. The van der Waals surface area contributed by atoms with Gasteiger partial charge in [-0.1, -0.05) is 25.2 Å². The molecule has 26 heavy (non-hydrogen) atoms. The van der Waals surface area contributed by atoms with E-state index in [1.165, 1.54) is 11.3 Å². The van der Waals surface area contributed by atoms with Crippen molar-refractivity contribution in [1.29, 1.82) is 0 Å². The Balaban J connectivity index is 1.79. The van der Waals surface area contributed by atoms with Gasteiger partial charge in [-0.15, -0.1) is 5.10 Å². The van der Waals surface area contributed by atoms with Crippen molar-refractivity contribution >= 4 is 27.4 Å². The fourth-order valence-electron chi connectivity index (χ4n) is 2.41. The van der Waals surface area contributed by atoms with E-state index in [1.807, 2.05) is 52.9 Å². The van der Waals surface area contributed by atoms with Gasteiger partial charge in [-0.3, -0.25) is 4.98 Å². The van der Waals surface area contributed by atoms with E-state index >= 15 is 0 Å². The third-order valence-corrected chi connectivity index (χ3v) is 4.46. The first-order valence-electron chi connectivity index (χ1n) is 8.49. The Morgan fingerprint density at radius 2 is 2.12 bits per heavy atom. The van der Waals surface area contributed by atoms with Gasteiger partial charge >= 0.3 is 5.97 Å². The van der Waals surface area contributed by atoms with Gasteiger partial charge in [0, 0.05) is 18.0 Å². The molecule has 3 aromatic rings. The minimum Gasteiger partial charge on any atom is -0.458 e. The van der Waals surface area contributed by atoms with Gasteiger partial charge in [0.2, 0.25) is 10.1 Å². The number of nitrogens with one attached hydrogen (secondary N) is 1. The summed E-state index contributed by atoms with van der Waals surface area (Å²) in [7, 11) is 0. The van der Waals surface area contributed by atoms with E-state index < -0.39 is 11.6 Å². The normalized spacial score (nSPS) is 13.2. The molecule has 0 unspecified atom stereocenters. The lowest BCUT2D eigenvalue weighted by atomic mass is 10.0. The Kier molecular flexibility index (Phi) is 4.95. The molecular formula is C18H23N5O2S. The van der Waals surface area contributed by atoms with Crippen molar-refractivity contribution in [1.82, 2.24) is 19.6 Å². The van der Waals surface area contributed by atoms with Crippen molar-refractivity contribution in [2.24, 2.45) is 5.92 Å². The standard InChI is InChI=1S/C18H23N5O2S/c1-11(2)14(15(24)25-18(3,4)5)21-16-22-23-10-13(20-17(23)26-16)12-7-6-8-19-9-12/h6-11,14H,1-5H3,(H,21,22)/t14-/m1/s1. The van der Waals surface area contributed by atoms with Crippen LogP contribution >= 0.6 is 11.3 Å². The molecule has 0 amide bonds. The monoisotopic (exact) mass is 373 g/mol. The Labute approximate surface area is 156 Å². The summed E-state index contributed by atoms with van der Waals surface area (Å²) >= 11 is 1.40. The number of hydrogen-bond acceptors (Lipinski definition) is 7. The fourth-order valence-corrected chi connectivity index (χ4v) is 3.23. The van der Waals surface area contributed by atoms with Crippen molar-refractivity contribution in [2.45, 2.75) is 46.3 Å². The highest BCUT2D eigenvalue weighted by molar-refractivity contribution is 7.20. The highest BCUT2D eigenvalue weighted by atomic mass is 32.1. The molecule has 1 atom stereocenters. The average Bonchev–Trinajstić information content (AvgIpc) is 3.09. The maximum Gasteiger partial charge on any atom is 0.329 e. The van der Waals surface area contributed by atoms with Crippen LogP contribution in [0.25, 0.3) is 16.2 Å². The first-order chi connectivity index (χ1) is 12.2. The van der Waals surface area contributed by atoms with Crippen molar-refractivity contribution in [2.75, 3.05) is 5.32 Å². The number of anilines is 1. The molecule has 3 aromatic heterocycles. The number of ether oxygens (including phenoxy) is 1. The van der Waals surface area contributed by atoms with E-state index in [1.54, 1.807) is 16.9 Å². The maximum absolute atomic E-state index is 12.5. The molecule has 0 saturated heterocycles. The molecule has 8 heteroatoms. The molecule has 7 nitrogen and oxygen atoms in total. The van der Waals surface area contributed by atoms with Crippen LogP contribution in [-0.2, 0) is 9.53 Å². The third kappa shape index (κ3) is 4.19. The molecule has 0 radical (unpaired) electrons. The molecule has 0 aliphatic heterocycles. The highest BCUT2D eigenvalue weighted by Crippen LogP contribution is 2.25. The van der Waals surface area contributed by atoms with E-state index in [2.05, 4.69) is 20.4 Å². The minimum atomic E-state index is -0.526. The SMILES string of the molecule is CC(C)[C@@H](Nc1nn2cc(-c3cccnc3)nc2s1)C(=O)OC(C)(C)C. The number of rotatable bonds is 5. The largest absolute Gasteiger partial charge is 0.458 e. The number of nitrogens with zero attached hydrogens (tertiary/aromatic N) is 4. The lowest BCUT2D eigenvalue weighted by Crippen LogP contribution is -2.39. The van der Waals surface area contributed by atoms with Gasteiger partial charge in [0.1, 0.15) is 11.6 Å². The van der Waals surface area contributed by atoms with Gasteiger partial charge in [0.25, 0.3) is 0 Å². The first kappa shape index (κ1) is 18.3. The van der Waals surface area contributed by atoms with E-state index in [-0.39, 0.29) is 11.9 Å². The summed E-state index contributed by atoms with van der Waals surface area (Å²) in [5, 5.41) is 8.32. The van der Waals surface area contributed by atoms with Crippen LogP contribution in [0.4, 0.5) is 5.13 Å². The molecule has 0 aliphatic rings. The van der Waals surface area contributed by atoms with Gasteiger partial charge in [0.05, 0.1) is 11.9 Å². The topological polar surface area (TPSA) is 81.4 Å². The second-order valence-electron chi connectivity index (χ2n) is 7.40. The van der Waals surface area contributed by atoms with Crippen LogP contribution in [0.3, 0.4) is 0 Å². The number of hydrogen-bond donors (Lipinski definition) is 1. The summed E-state index contributed by atoms with van der Waals surface area (Å²) in [6.45, 7) is 9.53. The summed E-state index contributed by atoms with van der Waals surface area (Å²) in [6, 6.07) is 3.36. The Bertz CT molecular complexity index is 864. The van der Waals surface area contributed by atoms with Crippen LogP contribution in [0.15, 0.2) is 30.7 Å². The molecule has 3 rings (SSSR count). The summed E-state index contributed by atoms with van der Waals surface area (Å²) in [6.07, 6.45) is 5.35. The van der Waals surface area contributed by atoms with Crippen molar-refractivity contribution < 1.29 is 9.53 Å². The van der Waals surface area contributed by atoms with Gasteiger partial charge in [-0.05, 0) is 38.8 Å². The van der Waals surface area contributed by atoms with E-state index in [9.17, 15) is 4.79 Å². The molecular weight excluding hydrogens is 350 g/mol. The molecule has 138 valence electrons. The number of imidazole rings is 1.